The summed E-state index contributed by atoms with van der Waals surface area (Å²) in [5.74, 6) is -3.09. The van der Waals surface area contributed by atoms with E-state index in [-0.39, 0.29) is 26.2 Å². The van der Waals surface area contributed by atoms with Gasteiger partial charge < -0.3 is 14.7 Å². The molecule has 0 saturated carbocycles. The third-order valence-electron chi connectivity index (χ3n) is 4.24. The molecule has 0 unspecified atom stereocenters. The van der Waals surface area contributed by atoms with E-state index in [1.165, 1.54) is 4.90 Å². The van der Waals surface area contributed by atoms with Crippen molar-refractivity contribution in [1.82, 2.24) is 20.0 Å². The molecule has 2 heterocycles. The molecule has 1 N–H and O–H groups in total. The lowest BCUT2D eigenvalue weighted by atomic mass is 10.2. The Morgan fingerprint density at radius 3 is 2.12 bits per heavy atom. The van der Waals surface area contributed by atoms with Crippen LogP contribution >= 0.6 is 0 Å². The predicted octanol–water partition coefficient (Wildman–Crippen LogP) is -1.66. The number of piperazine rings is 2. The van der Waals surface area contributed by atoms with Crippen molar-refractivity contribution in [2.24, 2.45) is 0 Å². The summed E-state index contributed by atoms with van der Waals surface area (Å²) in [6.07, 6.45) is 0. The molecule has 0 spiro atoms. The molecule has 9 nitrogen and oxygen atoms in total. The average Bonchev–Trinajstić information content (AvgIpc) is 2.61. The molecule has 0 bridgehead atoms. The zero-order chi connectivity index (χ0) is 18.7. The number of hydrogen-bond acceptors (Lipinski definition) is 5. The maximum atomic E-state index is 12.3. The number of nitrogens with one attached hydrogen (secondary N) is 1. The van der Waals surface area contributed by atoms with Crippen LogP contribution in [0.25, 0.3) is 0 Å². The van der Waals surface area contributed by atoms with Crippen molar-refractivity contribution in [2.45, 2.75) is 6.54 Å². The Morgan fingerprint density at radius 1 is 0.885 bits per heavy atom. The largest absolute Gasteiger partial charge is 0.328 e. The molecule has 1 aromatic carbocycles. The van der Waals surface area contributed by atoms with Crippen molar-refractivity contribution in [1.29, 1.82) is 0 Å². The SMILES string of the molecule is O=C1CN(C(=O)CN2CCN(Cc3ccccc3)C(=O)C2=O)CC(=O)N1. The molecule has 3 rings (SSSR count). The molecule has 0 aromatic heterocycles. The third kappa shape index (κ3) is 3.88. The van der Waals surface area contributed by atoms with Gasteiger partial charge in [-0.15, -0.1) is 0 Å². The minimum absolute atomic E-state index is 0.219. The van der Waals surface area contributed by atoms with Gasteiger partial charge in [0.15, 0.2) is 0 Å². The molecule has 1 aromatic rings. The van der Waals surface area contributed by atoms with Gasteiger partial charge >= 0.3 is 11.8 Å². The maximum Gasteiger partial charge on any atom is 0.312 e. The Kier molecular flexibility index (Phi) is 4.97. The fraction of sp³-hybridized carbons (Fsp3) is 0.353. The molecular formula is C17H18N4O5. The first-order valence-electron chi connectivity index (χ1n) is 8.16. The number of carbonyl (C=O) groups excluding carboxylic acids is 5. The van der Waals surface area contributed by atoms with E-state index in [9.17, 15) is 24.0 Å². The highest BCUT2D eigenvalue weighted by Gasteiger charge is 2.35. The van der Waals surface area contributed by atoms with E-state index in [0.717, 1.165) is 15.4 Å². The predicted molar refractivity (Wildman–Crippen MR) is 88.2 cm³/mol. The number of amides is 5. The van der Waals surface area contributed by atoms with Gasteiger partial charge in [0.25, 0.3) is 0 Å². The van der Waals surface area contributed by atoms with Gasteiger partial charge in [0.05, 0.1) is 0 Å². The van der Waals surface area contributed by atoms with Crippen LogP contribution in [0.1, 0.15) is 5.56 Å². The molecule has 9 heteroatoms. The second-order valence-corrected chi connectivity index (χ2v) is 6.16. The fourth-order valence-corrected chi connectivity index (χ4v) is 2.90. The van der Waals surface area contributed by atoms with Crippen molar-refractivity contribution in [3.05, 3.63) is 35.9 Å². The first-order valence-corrected chi connectivity index (χ1v) is 8.16. The standard InChI is InChI=1S/C17H18N4O5/c22-13-9-21(10-14(23)18-13)15(24)11-20-7-6-19(16(25)17(20)26)8-12-4-2-1-3-5-12/h1-5H,6-11H2,(H,18,22,23). The fourth-order valence-electron chi connectivity index (χ4n) is 2.90. The summed E-state index contributed by atoms with van der Waals surface area (Å²) in [5.41, 5.74) is 0.913. The summed E-state index contributed by atoms with van der Waals surface area (Å²) in [5, 5.41) is 2.10. The van der Waals surface area contributed by atoms with Gasteiger partial charge in [-0.25, -0.2) is 0 Å². The van der Waals surface area contributed by atoms with Crippen molar-refractivity contribution < 1.29 is 24.0 Å². The first kappa shape index (κ1) is 17.6. The van der Waals surface area contributed by atoms with Crippen molar-refractivity contribution in [2.75, 3.05) is 32.7 Å². The summed E-state index contributed by atoms with van der Waals surface area (Å²) < 4.78 is 0. The highest BCUT2D eigenvalue weighted by Crippen LogP contribution is 2.11. The molecule has 2 saturated heterocycles. The second-order valence-electron chi connectivity index (χ2n) is 6.16. The highest BCUT2D eigenvalue weighted by molar-refractivity contribution is 6.35. The number of benzene rings is 1. The van der Waals surface area contributed by atoms with Crippen LogP contribution in [0.15, 0.2) is 30.3 Å². The number of carbonyl (C=O) groups is 5. The van der Waals surface area contributed by atoms with Crippen LogP contribution in [-0.2, 0) is 30.5 Å². The lowest BCUT2D eigenvalue weighted by molar-refractivity contribution is -0.158. The lowest BCUT2D eigenvalue weighted by Gasteiger charge is -2.35. The van der Waals surface area contributed by atoms with Crippen molar-refractivity contribution in [3.63, 3.8) is 0 Å². The first-order chi connectivity index (χ1) is 12.4. The van der Waals surface area contributed by atoms with Gasteiger partial charge in [-0.2, -0.15) is 0 Å². The number of imide groups is 1. The second kappa shape index (κ2) is 7.34. The number of rotatable bonds is 4. The summed E-state index contributed by atoms with van der Waals surface area (Å²) in [6.45, 7) is 0.0585. The molecule has 0 radical (unpaired) electrons. The van der Waals surface area contributed by atoms with Crippen LogP contribution < -0.4 is 5.32 Å². The van der Waals surface area contributed by atoms with Crippen LogP contribution in [0.5, 0.6) is 0 Å². The molecule has 2 aliphatic rings. The molecule has 0 atom stereocenters. The summed E-state index contributed by atoms with van der Waals surface area (Å²) >= 11 is 0. The van der Waals surface area contributed by atoms with Crippen molar-refractivity contribution in [3.8, 4) is 0 Å². The van der Waals surface area contributed by atoms with E-state index in [4.69, 9.17) is 0 Å². The topological polar surface area (TPSA) is 107 Å². The van der Waals surface area contributed by atoms with Crippen LogP contribution in [-0.4, -0.2) is 77.0 Å². The van der Waals surface area contributed by atoms with Crippen LogP contribution in [0.4, 0.5) is 0 Å². The molecule has 0 aliphatic carbocycles. The highest BCUT2D eigenvalue weighted by atomic mass is 16.2. The van der Waals surface area contributed by atoms with E-state index in [1.807, 2.05) is 30.3 Å². The maximum absolute atomic E-state index is 12.3. The van der Waals surface area contributed by atoms with E-state index < -0.39 is 29.5 Å². The van der Waals surface area contributed by atoms with E-state index in [2.05, 4.69) is 5.32 Å². The number of nitrogens with zero attached hydrogens (tertiary/aromatic N) is 3. The molecular weight excluding hydrogens is 340 g/mol. The molecule has 5 amide bonds. The number of hydrogen-bond donors (Lipinski definition) is 1. The Morgan fingerprint density at radius 2 is 1.46 bits per heavy atom. The van der Waals surface area contributed by atoms with Crippen LogP contribution in [0.2, 0.25) is 0 Å². The minimum Gasteiger partial charge on any atom is -0.328 e. The van der Waals surface area contributed by atoms with Gasteiger partial charge in [0.1, 0.15) is 19.6 Å². The molecule has 136 valence electrons. The van der Waals surface area contributed by atoms with Gasteiger partial charge in [0, 0.05) is 19.6 Å². The molecule has 2 fully saturated rings. The van der Waals surface area contributed by atoms with E-state index in [0.29, 0.717) is 13.1 Å². The van der Waals surface area contributed by atoms with E-state index in [1.54, 1.807) is 0 Å². The van der Waals surface area contributed by atoms with Gasteiger partial charge in [0.2, 0.25) is 17.7 Å². The lowest BCUT2D eigenvalue weighted by Crippen LogP contribution is -2.59. The Labute approximate surface area is 149 Å². The quantitative estimate of drug-likeness (QED) is 0.512. The van der Waals surface area contributed by atoms with Crippen LogP contribution in [0, 0.1) is 0 Å². The molecule has 26 heavy (non-hydrogen) atoms. The van der Waals surface area contributed by atoms with Crippen LogP contribution in [0.3, 0.4) is 0 Å². The monoisotopic (exact) mass is 358 g/mol. The Bertz CT molecular complexity index is 748. The smallest absolute Gasteiger partial charge is 0.312 e. The summed E-state index contributed by atoms with van der Waals surface area (Å²) in [6, 6.07) is 9.31. The summed E-state index contributed by atoms with van der Waals surface area (Å²) in [7, 11) is 0. The van der Waals surface area contributed by atoms with Crippen molar-refractivity contribution >= 4 is 29.5 Å². The van der Waals surface area contributed by atoms with E-state index >= 15 is 0 Å². The van der Waals surface area contributed by atoms with Gasteiger partial charge in [-0.3, -0.25) is 29.3 Å². The molecule has 2 aliphatic heterocycles. The summed E-state index contributed by atoms with van der Waals surface area (Å²) in [4.78, 5) is 63.2. The minimum atomic E-state index is -0.756. The Hall–Kier alpha value is -3.23. The zero-order valence-electron chi connectivity index (χ0n) is 14.0. The average molecular weight is 358 g/mol. The normalized spacial score (nSPS) is 18.2. The van der Waals surface area contributed by atoms with Gasteiger partial charge in [-0.1, -0.05) is 30.3 Å². The third-order valence-corrected chi connectivity index (χ3v) is 4.24. The Balaban J connectivity index is 1.58. The van der Waals surface area contributed by atoms with Gasteiger partial charge in [-0.05, 0) is 5.56 Å². The zero-order valence-corrected chi connectivity index (χ0v) is 14.0.